The maximum Gasteiger partial charge on any atom is 0.169 e. The summed E-state index contributed by atoms with van der Waals surface area (Å²) in [4.78, 5) is 2.35. The fourth-order valence-corrected chi connectivity index (χ4v) is 6.60. The summed E-state index contributed by atoms with van der Waals surface area (Å²) in [6.45, 7) is 4.54. The van der Waals surface area contributed by atoms with Crippen molar-refractivity contribution in [3.05, 3.63) is 48.6 Å². The fraction of sp³-hybridized carbons (Fsp3) is 0.800. The van der Waals surface area contributed by atoms with Crippen molar-refractivity contribution in [2.75, 3.05) is 14.1 Å². The van der Waals surface area contributed by atoms with Crippen LogP contribution in [0, 0.1) is 0 Å². The lowest BCUT2D eigenvalue weighted by Gasteiger charge is -2.31. The van der Waals surface area contributed by atoms with Crippen LogP contribution in [0.5, 0.6) is 0 Å². The Balaban J connectivity index is 1.61. The monoisotopic (exact) mass is 598 g/mol. The standard InChI is InChI=1S/C40H71NO2/c1-5-7-9-11-13-15-17-19-21-23-25-27-29-31-33-40(42-38-35-37(41(3)4)36-39(38)43-40)34-32-30-28-26-24-22-20-18-16-14-12-10-8-6-2/h13-16,19-22,37-39H,5-12,17-18,23-36H2,1-4H3/b15-13-,16-14-,21-19-,22-20-/t37?,38-,39+. The maximum absolute atomic E-state index is 6.80. The molecule has 3 heteroatoms. The van der Waals surface area contributed by atoms with Gasteiger partial charge in [-0.1, -0.05) is 114 Å². The van der Waals surface area contributed by atoms with E-state index in [0.717, 1.165) is 38.5 Å². The molecule has 248 valence electrons. The van der Waals surface area contributed by atoms with Gasteiger partial charge in [0.15, 0.2) is 5.79 Å². The SMILES string of the molecule is CCCCC/C=C\C/C=C\CCCCCCC1(CCCCCC/C=C\C/C=C\CCCCC)O[C@H]2CC(N(C)C)C[C@H]2O1. The summed E-state index contributed by atoms with van der Waals surface area (Å²) in [5, 5.41) is 0. The quantitative estimate of drug-likeness (QED) is 0.0694. The number of rotatable bonds is 27. The maximum atomic E-state index is 6.80. The van der Waals surface area contributed by atoms with E-state index in [1.807, 2.05) is 0 Å². The Hall–Kier alpha value is -1.16. The minimum Gasteiger partial charge on any atom is -0.344 e. The third-order valence-electron chi connectivity index (χ3n) is 9.40. The van der Waals surface area contributed by atoms with Gasteiger partial charge in [0.25, 0.3) is 0 Å². The number of fused-ring (bicyclic) bond motifs is 1. The van der Waals surface area contributed by atoms with Gasteiger partial charge in [-0.3, -0.25) is 0 Å². The number of hydrogen-bond donors (Lipinski definition) is 0. The second-order valence-corrected chi connectivity index (χ2v) is 13.6. The zero-order valence-electron chi connectivity index (χ0n) is 29.1. The molecule has 0 aromatic carbocycles. The van der Waals surface area contributed by atoms with E-state index in [9.17, 15) is 0 Å². The van der Waals surface area contributed by atoms with E-state index in [1.54, 1.807) is 0 Å². The Morgan fingerprint density at radius 2 is 0.884 bits per heavy atom. The molecule has 1 aliphatic carbocycles. The van der Waals surface area contributed by atoms with Crippen LogP contribution >= 0.6 is 0 Å². The van der Waals surface area contributed by atoms with E-state index >= 15 is 0 Å². The highest BCUT2D eigenvalue weighted by molar-refractivity contribution is 4.97. The first-order valence-corrected chi connectivity index (χ1v) is 18.7. The molecule has 0 amide bonds. The summed E-state index contributed by atoms with van der Waals surface area (Å²) >= 11 is 0. The van der Waals surface area contributed by atoms with Crippen molar-refractivity contribution in [1.82, 2.24) is 4.90 Å². The predicted octanol–water partition coefficient (Wildman–Crippen LogP) is 12.0. The normalized spacial score (nSPS) is 22.0. The lowest BCUT2D eigenvalue weighted by molar-refractivity contribution is -0.193. The first-order chi connectivity index (χ1) is 21.1. The zero-order chi connectivity index (χ0) is 30.9. The smallest absolute Gasteiger partial charge is 0.169 e. The van der Waals surface area contributed by atoms with Gasteiger partial charge in [0.05, 0.1) is 12.2 Å². The molecule has 1 saturated carbocycles. The summed E-state index contributed by atoms with van der Waals surface area (Å²) in [6, 6.07) is 0.599. The Morgan fingerprint density at radius 1 is 0.512 bits per heavy atom. The van der Waals surface area contributed by atoms with E-state index in [1.165, 1.54) is 116 Å². The molecule has 1 aliphatic heterocycles. The van der Waals surface area contributed by atoms with Crippen molar-refractivity contribution in [3.63, 3.8) is 0 Å². The highest BCUT2D eigenvalue weighted by atomic mass is 16.8. The molecule has 1 saturated heterocycles. The second-order valence-electron chi connectivity index (χ2n) is 13.6. The number of unbranched alkanes of at least 4 members (excludes halogenated alkanes) is 14. The molecule has 3 nitrogen and oxygen atoms in total. The molecular formula is C40H71NO2. The van der Waals surface area contributed by atoms with Crippen molar-refractivity contribution in [2.45, 2.75) is 192 Å². The molecule has 0 spiro atoms. The number of nitrogens with zero attached hydrogens (tertiary/aromatic N) is 1. The molecule has 0 aromatic heterocycles. The van der Waals surface area contributed by atoms with Crippen molar-refractivity contribution in [2.24, 2.45) is 0 Å². The molecule has 0 aromatic rings. The molecule has 3 atom stereocenters. The van der Waals surface area contributed by atoms with Crippen LogP contribution in [0.3, 0.4) is 0 Å². The summed E-state index contributed by atoms with van der Waals surface area (Å²) in [7, 11) is 4.39. The highest BCUT2D eigenvalue weighted by Gasteiger charge is 2.51. The fourth-order valence-electron chi connectivity index (χ4n) is 6.60. The van der Waals surface area contributed by atoms with Gasteiger partial charge < -0.3 is 14.4 Å². The van der Waals surface area contributed by atoms with Crippen LogP contribution in [-0.4, -0.2) is 43.0 Å². The third-order valence-corrected chi connectivity index (χ3v) is 9.40. The summed E-state index contributed by atoms with van der Waals surface area (Å²) in [5.74, 6) is -0.320. The van der Waals surface area contributed by atoms with Crippen molar-refractivity contribution in [1.29, 1.82) is 0 Å². The first kappa shape index (κ1) is 38.0. The zero-order valence-corrected chi connectivity index (χ0v) is 29.1. The van der Waals surface area contributed by atoms with Gasteiger partial charge in [-0.25, -0.2) is 0 Å². The van der Waals surface area contributed by atoms with Gasteiger partial charge >= 0.3 is 0 Å². The minimum atomic E-state index is -0.320. The van der Waals surface area contributed by atoms with Gasteiger partial charge in [0.1, 0.15) is 0 Å². The van der Waals surface area contributed by atoms with Crippen LogP contribution in [0.2, 0.25) is 0 Å². The highest BCUT2D eigenvalue weighted by Crippen LogP contribution is 2.44. The minimum absolute atomic E-state index is 0.295. The number of allylic oxidation sites excluding steroid dienone is 8. The van der Waals surface area contributed by atoms with E-state index in [-0.39, 0.29) is 5.79 Å². The van der Waals surface area contributed by atoms with Gasteiger partial charge in [0.2, 0.25) is 0 Å². The van der Waals surface area contributed by atoms with Gasteiger partial charge in [0, 0.05) is 18.9 Å². The molecule has 43 heavy (non-hydrogen) atoms. The molecule has 0 N–H and O–H groups in total. The third kappa shape index (κ3) is 17.8. The van der Waals surface area contributed by atoms with Gasteiger partial charge in [-0.2, -0.15) is 0 Å². The lowest BCUT2D eigenvalue weighted by Crippen LogP contribution is -2.34. The van der Waals surface area contributed by atoms with Crippen LogP contribution < -0.4 is 0 Å². The van der Waals surface area contributed by atoms with Crippen molar-refractivity contribution < 1.29 is 9.47 Å². The van der Waals surface area contributed by atoms with Crippen LogP contribution in [0.15, 0.2) is 48.6 Å². The van der Waals surface area contributed by atoms with Gasteiger partial charge in [-0.05, 0) is 104 Å². The summed E-state index contributed by atoms with van der Waals surface area (Å²) in [6.07, 6.45) is 49.1. The van der Waals surface area contributed by atoms with E-state index in [0.29, 0.717) is 18.2 Å². The summed E-state index contributed by atoms with van der Waals surface area (Å²) < 4.78 is 13.6. The molecule has 1 unspecified atom stereocenters. The average molecular weight is 598 g/mol. The predicted molar refractivity (Wildman–Crippen MR) is 189 cm³/mol. The Bertz CT molecular complexity index is 706. The van der Waals surface area contributed by atoms with E-state index in [2.05, 4.69) is 81.5 Å². The molecule has 0 bridgehead atoms. The van der Waals surface area contributed by atoms with Crippen molar-refractivity contribution in [3.8, 4) is 0 Å². The number of hydrogen-bond acceptors (Lipinski definition) is 3. The number of ether oxygens (including phenoxy) is 2. The average Bonchev–Trinajstić information content (AvgIpc) is 3.54. The Morgan fingerprint density at radius 3 is 1.26 bits per heavy atom. The second kappa shape index (κ2) is 25.1. The first-order valence-electron chi connectivity index (χ1n) is 18.7. The molecule has 2 fully saturated rings. The van der Waals surface area contributed by atoms with Crippen molar-refractivity contribution >= 4 is 0 Å². The lowest BCUT2D eigenvalue weighted by atomic mass is 9.99. The molecule has 0 radical (unpaired) electrons. The van der Waals surface area contributed by atoms with E-state index in [4.69, 9.17) is 9.47 Å². The van der Waals surface area contributed by atoms with Crippen LogP contribution in [0.1, 0.15) is 168 Å². The molecule has 2 aliphatic rings. The topological polar surface area (TPSA) is 21.7 Å². The summed E-state index contributed by atoms with van der Waals surface area (Å²) in [5.41, 5.74) is 0. The molecule has 1 heterocycles. The molecular weight excluding hydrogens is 526 g/mol. The van der Waals surface area contributed by atoms with Gasteiger partial charge in [-0.15, -0.1) is 0 Å². The van der Waals surface area contributed by atoms with Crippen LogP contribution in [0.4, 0.5) is 0 Å². The van der Waals surface area contributed by atoms with Crippen LogP contribution in [0.25, 0.3) is 0 Å². The Kier molecular flexibility index (Phi) is 22.2. The van der Waals surface area contributed by atoms with E-state index < -0.39 is 0 Å². The van der Waals surface area contributed by atoms with Crippen LogP contribution in [-0.2, 0) is 9.47 Å². The molecule has 2 rings (SSSR count). The largest absolute Gasteiger partial charge is 0.344 e. The Labute approximate surface area is 268 Å².